The average Bonchev–Trinajstić information content (AvgIpc) is 2.74. The van der Waals surface area contributed by atoms with Crippen LogP contribution in [-0.4, -0.2) is 20.5 Å². The Morgan fingerprint density at radius 3 is 2.56 bits per heavy atom. The van der Waals surface area contributed by atoms with Crippen LogP contribution in [0.1, 0.15) is 50.9 Å². The Morgan fingerprint density at radius 2 is 1.88 bits per heavy atom. The van der Waals surface area contributed by atoms with Gasteiger partial charge in [0, 0.05) is 0 Å². The molecule has 0 bridgehead atoms. The number of hydrogen-bond donors (Lipinski definition) is 0. The molecule has 5 nitrogen and oxygen atoms in total. The van der Waals surface area contributed by atoms with E-state index in [4.69, 9.17) is 4.63 Å². The number of unbranched alkanes of at least 4 members (excludes halogenated alkanes) is 1. The molecule has 0 unspecified atom stereocenters. The third-order valence-corrected chi connectivity index (χ3v) is 2.60. The lowest BCUT2D eigenvalue weighted by atomic mass is 10.1. The molecular weight excluding hydrogens is 204 g/mol. The van der Waals surface area contributed by atoms with Gasteiger partial charge in [0.1, 0.15) is 0 Å². The number of hydrogen-bond acceptors (Lipinski definition) is 5. The minimum Gasteiger partial charge on any atom is -0.243 e. The zero-order valence-corrected chi connectivity index (χ0v) is 9.90. The molecule has 0 amide bonds. The maximum Gasteiger partial charge on any atom is 0.160 e. The van der Waals surface area contributed by atoms with Crippen molar-refractivity contribution >= 4 is 11.0 Å². The second-order valence-corrected chi connectivity index (χ2v) is 4.25. The molecular formula is C11H16N4O. The first-order valence-corrected chi connectivity index (χ1v) is 5.71. The van der Waals surface area contributed by atoms with Gasteiger partial charge < -0.3 is 0 Å². The number of nitrogens with zero attached hydrogens (tertiary/aromatic N) is 4. The van der Waals surface area contributed by atoms with Gasteiger partial charge in [-0.25, -0.2) is 4.63 Å². The summed E-state index contributed by atoms with van der Waals surface area (Å²) in [7, 11) is 0. The molecule has 0 saturated carbocycles. The van der Waals surface area contributed by atoms with Crippen LogP contribution < -0.4 is 0 Å². The summed E-state index contributed by atoms with van der Waals surface area (Å²) in [5, 5.41) is 16.3. The summed E-state index contributed by atoms with van der Waals surface area (Å²) in [5.41, 5.74) is 3.28. The van der Waals surface area contributed by atoms with Gasteiger partial charge in [-0.2, -0.15) is 10.2 Å². The fraction of sp³-hybridized carbons (Fsp3) is 0.636. The van der Waals surface area contributed by atoms with Gasteiger partial charge in [-0.15, -0.1) is 0 Å². The van der Waals surface area contributed by atoms with Crippen LogP contribution in [0.4, 0.5) is 0 Å². The highest BCUT2D eigenvalue weighted by molar-refractivity contribution is 5.77. The fourth-order valence-corrected chi connectivity index (χ4v) is 1.66. The Labute approximate surface area is 94.2 Å². The lowest BCUT2D eigenvalue weighted by molar-refractivity contribution is 0.315. The van der Waals surface area contributed by atoms with E-state index in [9.17, 15) is 0 Å². The highest BCUT2D eigenvalue weighted by Crippen LogP contribution is 2.22. The summed E-state index contributed by atoms with van der Waals surface area (Å²) in [6, 6.07) is 0. The second kappa shape index (κ2) is 4.55. The van der Waals surface area contributed by atoms with Gasteiger partial charge >= 0.3 is 0 Å². The van der Waals surface area contributed by atoms with Gasteiger partial charge in [0.15, 0.2) is 11.0 Å². The van der Waals surface area contributed by atoms with E-state index in [1.807, 2.05) is 0 Å². The molecule has 0 saturated heterocycles. The van der Waals surface area contributed by atoms with E-state index in [1.165, 1.54) is 0 Å². The number of rotatable bonds is 4. The molecule has 0 aliphatic carbocycles. The van der Waals surface area contributed by atoms with Crippen molar-refractivity contribution in [3.63, 3.8) is 0 Å². The number of aryl methyl sites for hydroxylation is 1. The van der Waals surface area contributed by atoms with Crippen molar-refractivity contribution in [2.45, 2.75) is 46.0 Å². The highest BCUT2D eigenvalue weighted by atomic mass is 16.6. The highest BCUT2D eigenvalue weighted by Gasteiger charge is 2.16. The van der Waals surface area contributed by atoms with Crippen LogP contribution in [0.5, 0.6) is 0 Å². The summed E-state index contributed by atoms with van der Waals surface area (Å²) in [4.78, 5) is 0. The van der Waals surface area contributed by atoms with Crippen LogP contribution in [0.15, 0.2) is 4.63 Å². The van der Waals surface area contributed by atoms with E-state index in [0.717, 1.165) is 41.7 Å². The van der Waals surface area contributed by atoms with Crippen LogP contribution >= 0.6 is 0 Å². The third-order valence-electron chi connectivity index (χ3n) is 2.60. The summed E-state index contributed by atoms with van der Waals surface area (Å²) in [5.74, 6) is 0.280. The van der Waals surface area contributed by atoms with E-state index in [0.29, 0.717) is 0 Å². The second-order valence-electron chi connectivity index (χ2n) is 4.25. The molecule has 2 rings (SSSR count). The quantitative estimate of drug-likeness (QED) is 0.792. The van der Waals surface area contributed by atoms with Crippen LogP contribution in [-0.2, 0) is 6.42 Å². The van der Waals surface area contributed by atoms with Crippen LogP contribution in [0, 0.1) is 0 Å². The molecule has 16 heavy (non-hydrogen) atoms. The third kappa shape index (κ3) is 1.89. The Morgan fingerprint density at radius 1 is 1.12 bits per heavy atom. The van der Waals surface area contributed by atoms with E-state index in [-0.39, 0.29) is 5.92 Å². The van der Waals surface area contributed by atoms with E-state index >= 15 is 0 Å². The van der Waals surface area contributed by atoms with Crippen molar-refractivity contribution in [3.8, 4) is 0 Å². The normalized spacial score (nSPS) is 11.5. The van der Waals surface area contributed by atoms with Crippen LogP contribution in [0.25, 0.3) is 11.0 Å². The molecule has 5 heteroatoms. The number of aromatic nitrogens is 4. The fourth-order valence-electron chi connectivity index (χ4n) is 1.66. The monoisotopic (exact) mass is 220 g/mol. The Bertz CT molecular complexity index is 478. The van der Waals surface area contributed by atoms with Gasteiger partial charge in [-0.3, -0.25) is 0 Å². The lowest BCUT2D eigenvalue weighted by Gasteiger charge is -2.04. The largest absolute Gasteiger partial charge is 0.243 e. The Balaban J connectivity index is 2.46. The van der Waals surface area contributed by atoms with Crippen LogP contribution in [0.3, 0.4) is 0 Å². The molecule has 2 aromatic heterocycles. The van der Waals surface area contributed by atoms with Gasteiger partial charge in [0.2, 0.25) is 0 Å². The predicted molar refractivity (Wildman–Crippen MR) is 60.1 cm³/mol. The molecule has 86 valence electrons. The topological polar surface area (TPSA) is 64.7 Å². The standard InChI is InChI=1S/C11H16N4O/c1-4-5-6-8-10-11(15-16-14-10)9(7(2)3)13-12-8/h7H,4-6H2,1-3H3. The molecule has 0 spiro atoms. The van der Waals surface area contributed by atoms with E-state index in [1.54, 1.807) is 0 Å². The molecule has 0 aliphatic heterocycles. The molecule has 2 aromatic rings. The first-order chi connectivity index (χ1) is 7.74. The molecule has 0 fully saturated rings. The summed E-state index contributed by atoms with van der Waals surface area (Å²) in [6.45, 7) is 6.27. The van der Waals surface area contributed by atoms with Crippen molar-refractivity contribution in [1.82, 2.24) is 20.5 Å². The Kier molecular flexibility index (Phi) is 3.12. The summed E-state index contributed by atoms with van der Waals surface area (Å²) in [6.07, 6.45) is 3.09. The zero-order chi connectivity index (χ0) is 11.5. The van der Waals surface area contributed by atoms with Crippen LogP contribution in [0.2, 0.25) is 0 Å². The first-order valence-electron chi connectivity index (χ1n) is 5.71. The first kappa shape index (κ1) is 11.0. The predicted octanol–water partition coefficient (Wildman–Crippen LogP) is 2.48. The smallest absolute Gasteiger partial charge is 0.160 e. The molecule has 2 heterocycles. The average molecular weight is 220 g/mol. The molecule has 0 atom stereocenters. The van der Waals surface area contributed by atoms with Crippen molar-refractivity contribution in [3.05, 3.63) is 11.4 Å². The number of fused-ring (bicyclic) bond motifs is 1. The van der Waals surface area contributed by atoms with Gasteiger partial charge in [0.25, 0.3) is 0 Å². The van der Waals surface area contributed by atoms with Gasteiger partial charge in [0.05, 0.1) is 11.4 Å². The molecule has 0 radical (unpaired) electrons. The Hall–Kier alpha value is -1.52. The maximum atomic E-state index is 4.80. The van der Waals surface area contributed by atoms with E-state index in [2.05, 4.69) is 41.3 Å². The van der Waals surface area contributed by atoms with Gasteiger partial charge in [-0.1, -0.05) is 27.2 Å². The summed E-state index contributed by atoms with van der Waals surface area (Å²) < 4.78 is 4.80. The SMILES string of the molecule is CCCCc1nnc(C(C)C)c2nonc12. The molecule has 0 aliphatic rings. The van der Waals surface area contributed by atoms with Crippen molar-refractivity contribution in [2.24, 2.45) is 0 Å². The molecule has 0 aromatic carbocycles. The minimum atomic E-state index is 0.280. The maximum absolute atomic E-state index is 4.80. The van der Waals surface area contributed by atoms with Gasteiger partial charge in [-0.05, 0) is 29.1 Å². The molecule has 0 N–H and O–H groups in total. The van der Waals surface area contributed by atoms with E-state index < -0.39 is 0 Å². The minimum absolute atomic E-state index is 0.280. The lowest BCUT2D eigenvalue weighted by Crippen LogP contribution is -2.02. The van der Waals surface area contributed by atoms with Crippen molar-refractivity contribution < 1.29 is 4.63 Å². The van der Waals surface area contributed by atoms with Crippen molar-refractivity contribution in [2.75, 3.05) is 0 Å². The van der Waals surface area contributed by atoms with Crippen molar-refractivity contribution in [1.29, 1.82) is 0 Å². The summed E-state index contributed by atoms with van der Waals surface area (Å²) >= 11 is 0. The zero-order valence-electron chi connectivity index (χ0n) is 9.90.